The summed E-state index contributed by atoms with van der Waals surface area (Å²) in [5, 5.41) is 4.02. The van der Waals surface area contributed by atoms with Gasteiger partial charge >= 0.3 is 0 Å². The molecule has 0 aromatic carbocycles. The number of nitrogens with two attached hydrogens (primary N) is 1. The largest absolute Gasteiger partial charge is 0.329 e. The van der Waals surface area contributed by atoms with Crippen molar-refractivity contribution in [1.29, 1.82) is 0 Å². The zero-order chi connectivity index (χ0) is 15.3. The summed E-state index contributed by atoms with van der Waals surface area (Å²) in [7, 11) is -3.46. The third-order valence-electron chi connectivity index (χ3n) is 4.14. The van der Waals surface area contributed by atoms with Gasteiger partial charge in [-0.15, -0.1) is 0 Å². The first-order chi connectivity index (χ1) is 10.0. The Balaban J connectivity index is 1.92. The molecule has 0 spiro atoms. The van der Waals surface area contributed by atoms with Crippen LogP contribution in [0.5, 0.6) is 0 Å². The van der Waals surface area contributed by atoms with Gasteiger partial charge in [-0.05, 0) is 31.6 Å². The van der Waals surface area contributed by atoms with Gasteiger partial charge in [-0.3, -0.25) is 4.68 Å². The Morgan fingerprint density at radius 1 is 1.38 bits per heavy atom. The van der Waals surface area contributed by atoms with E-state index in [1.807, 2.05) is 0 Å². The first-order valence-electron chi connectivity index (χ1n) is 7.80. The molecule has 1 fully saturated rings. The van der Waals surface area contributed by atoms with Crippen molar-refractivity contribution in [1.82, 2.24) is 14.5 Å². The Labute approximate surface area is 127 Å². The molecule has 1 aliphatic carbocycles. The summed E-state index contributed by atoms with van der Waals surface area (Å²) in [5.74, 6) is 0.767. The molecule has 3 N–H and O–H groups in total. The van der Waals surface area contributed by atoms with Crippen LogP contribution >= 0.6 is 0 Å². The fourth-order valence-electron chi connectivity index (χ4n) is 3.00. The van der Waals surface area contributed by atoms with Gasteiger partial charge in [0.05, 0.1) is 12.7 Å². The van der Waals surface area contributed by atoms with Crippen LogP contribution in [0.4, 0.5) is 0 Å². The summed E-state index contributed by atoms with van der Waals surface area (Å²) >= 11 is 0. The normalized spacial score (nSPS) is 23.3. The summed E-state index contributed by atoms with van der Waals surface area (Å²) in [6, 6.07) is 0.0564. The Kier molecular flexibility index (Phi) is 5.78. The van der Waals surface area contributed by atoms with Crippen LogP contribution in [0, 0.1) is 5.92 Å². The van der Waals surface area contributed by atoms with E-state index in [4.69, 9.17) is 5.73 Å². The van der Waals surface area contributed by atoms with Crippen molar-refractivity contribution in [3.63, 3.8) is 0 Å². The van der Waals surface area contributed by atoms with E-state index < -0.39 is 10.0 Å². The van der Waals surface area contributed by atoms with Gasteiger partial charge in [0.15, 0.2) is 0 Å². The Morgan fingerprint density at radius 2 is 2.10 bits per heavy atom. The van der Waals surface area contributed by atoms with Crippen molar-refractivity contribution >= 4 is 10.0 Å². The van der Waals surface area contributed by atoms with Crippen LogP contribution in [0.3, 0.4) is 0 Å². The van der Waals surface area contributed by atoms with E-state index in [1.165, 1.54) is 25.2 Å². The van der Waals surface area contributed by atoms with Gasteiger partial charge in [-0.1, -0.05) is 19.8 Å². The van der Waals surface area contributed by atoms with Gasteiger partial charge in [0.2, 0.25) is 10.0 Å². The van der Waals surface area contributed by atoms with Crippen LogP contribution in [-0.2, 0) is 16.6 Å². The predicted octanol–water partition coefficient (Wildman–Crippen LogP) is 1.48. The lowest BCUT2D eigenvalue weighted by molar-refractivity contribution is 0.297. The molecular formula is C14H26N4O2S. The molecule has 0 saturated heterocycles. The molecule has 1 aromatic heterocycles. The molecule has 120 valence electrons. The highest BCUT2D eigenvalue weighted by atomic mass is 32.2. The summed E-state index contributed by atoms with van der Waals surface area (Å²) in [4.78, 5) is 0.228. The van der Waals surface area contributed by atoms with Crippen molar-refractivity contribution in [2.24, 2.45) is 11.7 Å². The summed E-state index contributed by atoms with van der Waals surface area (Å²) in [5.41, 5.74) is 5.44. The quantitative estimate of drug-likeness (QED) is 0.797. The van der Waals surface area contributed by atoms with Crippen LogP contribution in [0.2, 0.25) is 0 Å². The summed E-state index contributed by atoms with van der Waals surface area (Å²) in [6.45, 7) is 3.17. The minimum Gasteiger partial charge on any atom is -0.329 e. The summed E-state index contributed by atoms with van der Waals surface area (Å²) in [6.07, 6.45) is 9.49. The van der Waals surface area contributed by atoms with Crippen LogP contribution in [0.1, 0.15) is 45.4 Å². The average Bonchev–Trinajstić information content (AvgIpc) is 2.91. The standard InChI is InChI=1S/C14H26N4O2S/c1-2-3-12-4-6-13(7-5-12)17-21(19,20)14-10-16-18(11-14)9-8-15/h10-13,17H,2-9,15H2,1H3. The predicted molar refractivity (Wildman–Crippen MR) is 82.3 cm³/mol. The van der Waals surface area contributed by atoms with Gasteiger partial charge in [-0.25, -0.2) is 13.1 Å². The van der Waals surface area contributed by atoms with E-state index in [0.29, 0.717) is 13.1 Å². The number of hydrogen-bond donors (Lipinski definition) is 2. The smallest absolute Gasteiger partial charge is 0.243 e. The third kappa shape index (κ3) is 4.52. The molecule has 1 heterocycles. The molecule has 1 aliphatic rings. The maximum Gasteiger partial charge on any atom is 0.243 e. The number of rotatable bonds is 7. The van der Waals surface area contributed by atoms with Crippen molar-refractivity contribution in [2.75, 3.05) is 6.54 Å². The first-order valence-corrected chi connectivity index (χ1v) is 9.28. The highest BCUT2D eigenvalue weighted by Crippen LogP contribution is 2.28. The molecule has 7 heteroatoms. The fourth-order valence-corrected chi connectivity index (χ4v) is 4.26. The number of nitrogens with one attached hydrogen (secondary N) is 1. The van der Waals surface area contributed by atoms with E-state index >= 15 is 0 Å². The maximum absolute atomic E-state index is 12.3. The Hall–Kier alpha value is -0.920. The van der Waals surface area contributed by atoms with E-state index in [-0.39, 0.29) is 10.9 Å². The van der Waals surface area contributed by atoms with Crippen molar-refractivity contribution in [3.05, 3.63) is 12.4 Å². The molecular weight excluding hydrogens is 288 g/mol. The molecule has 2 rings (SSSR count). The monoisotopic (exact) mass is 314 g/mol. The zero-order valence-corrected chi connectivity index (χ0v) is 13.5. The van der Waals surface area contributed by atoms with Gasteiger partial charge in [0.25, 0.3) is 0 Å². The molecule has 1 aromatic rings. The minimum absolute atomic E-state index is 0.0564. The van der Waals surface area contributed by atoms with E-state index in [1.54, 1.807) is 4.68 Å². The van der Waals surface area contributed by atoms with Gasteiger partial charge in [0, 0.05) is 18.8 Å². The van der Waals surface area contributed by atoms with E-state index in [0.717, 1.165) is 31.6 Å². The Bertz CT molecular complexity index is 533. The second kappa shape index (κ2) is 7.38. The van der Waals surface area contributed by atoms with Crippen LogP contribution in [0.15, 0.2) is 17.3 Å². The van der Waals surface area contributed by atoms with E-state index in [9.17, 15) is 8.42 Å². The lowest BCUT2D eigenvalue weighted by atomic mass is 9.84. The minimum atomic E-state index is -3.46. The fraction of sp³-hybridized carbons (Fsp3) is 0.786. The molecule has 21 heavy (non-hydrogen) atoms. The van der Waals surface area contributed by atoms with Crippen LogP contribution < -0.4 is 10.5 Å². The molecule has 0 aliphatic heterocycles. The second-order valence-electron chi connectivity index (χ2n) is 5.86. The molecule has 0 radical (unpaired) electrons. The van der Waals surface area contributed by atoms with Gasteiger partial charge in [0.1, 0.15) is 4.90 Å². The lowest BCUT2D eigenvalue weighted by Gasteiger charge is -2.28. The van der Waals surface area contributed by atoms with Crippen molar-refractivity contribution in [2.45, 2.75) is 62.9 Å². The van der Waals surface area contributed by atoms with Gasteiger partial charge in [-0.2, -0.15) is 5.10 Å². The lowest BCUT2D eigenvalue weighted by Crippen LogP contribution is -2.37. The van der Waals surface area contributed by atoms with E-state index in [2.05, 4.69) is 16.7 Å². The van der Waals surface area contributed by atoms with Gasteiger partial charge < -0.3 is 5.73 Å². The average molecular weight is 314 g/mol. The summed E-state index contributed by atoms with van der Waals surface area (Å²) < 4.78 is 29.0. The first kappa shape index (κ1) is 16.5. The number of nitrogens with zero attached hydrogens (tertiary/aromatic N) is 2. The molecule has 0 bridgehead atoms. The third-order valence-corrected chi connectivity index (χ3v) is 5.62. The van der Waals surface area contributed by atoms with Crippen LogP contribution in [-0.4, -0.2) is 30.8 Å². The zero-order valence-electron chi connectivity index (χ0n) is 12.7. The van der Waals surface area contributed by atoms with Crippen molar-refractivity contribution in [3.8, 4) is 0 Å². The highest BCUT2D eigenvalue weighted by molar-refractivity contribution is 7.89. The Morgan fingerprint density at radius 3 is 2.71 bits per heavy atom. The number of hydrogen-bond acceptors (Lipinski definition) is 4. The molecule has 0 unspecified atom stereocenters. The number of sulfonamides is 1. The number of aromatic nitrogens is 2. The SMILES string of the molecule is CCCC1CCC(NS(=O)(=O)c2cnn(CCN)c2)CC1. The van der Waals surface area contributed by atoms with Crippen molar-refractivity contribution < 1.29 is 8.42 Å². The second-order valence-corrected chi connectivity index (χ2v) is 7.57. The topological polar surface area (TPSA) is 90.0 Å². The molecule has 1 saturated carbocycles. The maximum atomic E-state index is 12.3. The van der Waals surface area contributed by atoms with Crippen LogP contribution in [0.25, 0.3) is 0 Å². The highest BCUT2D eigenvalue weighted by Gasteiger charge is 2.26. The molecule has 6 nitrogen and oxygen atoms in total. The molecule has 0 amide bonds. The molecule has 0 atom stereocenters.